The molecule has 1 aromatic carbocycles. The Morgan fingerprint density at radius 3 is 2.71 bits per heavy atom. The van der Waals surface area contributed by atoms with Gasteiger partial charge in [-0.05, 0) is 29.7 Å². The minimum absolute atomic E-state index is 0.328. The Morgan fingerprint density at radius 2 is 2.00 bits per heavy atom. The smallest absolute Gasteiger partial charge is 0.197 e. The van der Waals surface area contributed by atoms with Gasteiger partial charge in [-0.25, -0.2) is 0 Å². The summed E-state index contributed by atoms with van der Waals surface area (Å²) in [6.07, 6.45) is 3.51. The van der Waals surface area contributed by atoms with Gasteiger partial charge in [0.25, 0.3) is 0 Å². The number of thioether (sulfide) groups is 1. The van der Waals surface area contributed by atoms with Crippen molar-refractivity contribution in [2.75, 3.05) is 5.75 Å². The second kappa shape index (κ2) is 7.28. The molecule has 0 aliphatic carbocycles. The van der Waals surface area contributed by atoms with Crippen LogP contribution in [-0.4, -0.2) is 25.5 Å². The summed E-state index contributed by atoms with van der Waals surface area (Å²) in [6.45, 7) is 4.32. The molecule has 6 heteroatoms. The molecule has 0 spiro atoms. The number of aromatic nitrogens is 4. The van der Waals surface area contributed by atoms with Gasteiger partial charge in [0, 0.05) is 18.0 Å². The number of rotatable bonds is 5. The predicted octanol–water partition coefficient (Wildman–Crippen LogP) is 4.07. The molecule has 24 heavy (non-hydrogen) atoms. The van der Waals surface area contributed by atoms with Crippen molar-refractivity contribution in [2.45, 2.75) is 24.9 Å². The van der Waals surface area contributed by atoms with Gasteiger partial charge in [-0.3, -0.25) is 9.55 Å². The fourth-order valence-corrected chi connectivity index (χ4v) is 3.14. The summed E-state index contributed by atoms with van der Waals surface area (Å²) in [5, 5.41) is 18.3. The summed E-state index contributed by atoms with van der Waals surface area (Å²) in [5.74, 6) is 1.42. The first kappa shape index (κ1) is 16.2. The van der Waals surface area contributed by atoms with E-state index in [2.05, 4.69) is 47.2 Å². The zero-order valence-corrected chi connectivity index (χ0v) is 14.4. The maximum absolute atomic E-state index is 8.92. The summed E-state index contributed by atoms with van der Waals surface area (Å²) in [7, 11) is 0. The van der Waals surface area contributed by atoms with Gasteiger partial charge in [-0.2, -0.15) is 5.26 Å². The molecule has 120 valence electrons. The molecule has 0 aliphatic heterocycles. The van der Waals surface area contributed by atoms with E-state index in [1.165, 1.54) is 17.3 Å². The van der Waals surface area contributed by atoms with Crippen molar-refractivity contribution in [1.29, 1.82) is 5.26 Å². The molecule has 0 fully saturated rings. The Kier molecular flexibility index (Phi) is 4.92. The van der Waals surface area contributed by atoms with Crippen molar-refractivity contribution in [3.63, 3.8) is 0 Å². The van der Waals surface area contributed by atoms with Crippen LogP contribution in [0.1, 0.15) is 25.3 Å². The molecule has 0 saturated carbocycles. The summed E-state index contributed by atoms with van der Waals surface area (Å²) >= 11 is 1.39. The minimum atomic E-state index is 0.328. The van der Waals surface area contributed by atoms with Crippen molar-refractivity contribution < 1.29 is 0 Å². The first-order valence-corrected chi connectivity index (χ1v) is 8.65. The number of para-hydroxylation sites is 1. The first-order chi connectivity index (χ1) is 11.7. The summed E-state index contributed by atoms with van der Waals surface area (Å²) < 4.78 is 2.02. The maximum atomic E-state index is 8.92. The topological polar surface area (TPSA) is 67.4 Å². The van der Waals surface area contributed by atoms with Crippen LogP contribution in [0, 0.1) is 11.3 Å². The third kappa shape index (κ3) is 3.17. The van der Waals surface area contributed by atoms with E-state index in [4.69, 9.17) is 5.26 Å². The second-order valence-corrected chi connectivity index (χ2v) is 6.49. The van der Waals surface area contributed by atoms with E-state index in [9.17, 15) is 0 Å². The summed E-state index contributed by atoms with van der Waals surface area (Å²) in [5.41, 5.74) is 3.14. The number of benzene rings is 1. The fraction of sp³-hybridized carbons (Fsp3) is 0.222. The van der Waals surface area contributed by atoms with Crippen LogP contribution in [0.2, 0.25) is 0 Å². The Hall–Kier alpha value is -2.65. The Balaban J connectivity index is 2.21. The molecule has 0 bridgehead atoms. The van der Waals surface area contributed by atoms with Gasteiger partial charge in [0.2, 0.25) is 0 Å². The lowest BCUT2D eigenvalue weighted by Gasteiger charge is -2.16. The molecular formula is C18H17N5S. The Bertz CT molecular complexity index is 865. The van der Waals surface area contributed by atoms with E-state index in [1.807, 2.05) is 28.8 Å². The molecule has 2 heterocycles. The van der Waals surface area contributed by atoms with E-state index in [1.54, 1.807) is 12.4 Å². The van der Waals surface area contributed by atoms with Gasteiger partial charge in [0.05, 0.1) is 17.5 Å². The average Bonchev–Trinajstić information content (AvgIpc) is 3.04. The van der Waals surface area contributed by atoms with Crippen molar-refractivity contribution in [3.05, 3.63) is 54.4 Å². The number of hydrogen-bond donors (Lipinski definition) is 0. The van der Waals surface area contributed by atoms with Crippen LogP contribution in [0.3, 0.4) is 0 Å². The highest BCUT2D eigenvalue weighted by Crippen LogP contribution is 2.31. The standard InChI is InChI=1S/C18H17N5S/c1-13(2)15-7-3-4-8-16(15)23-17(14-6-5-10-20-12-14)21-22-18(23)24-11-9-19/h3-8,10,12-13H,11H2,1-2H3. The zero-order valence-electron chi connectivity index (χ0n) is 13.5. The molecule has 0 saturated heterocycles. The molecule has 0 atom stereocenters. The van der Waals surface area contributed by atoms with Crippen LogP contribution in [0.4, 0.5) is 0 Å². The van der Waals surface area contributed by atoms with Gasteiger partial charge in [-0.15, -0.1) is 10.2 Å². The van der Waals surface area contributed by atoms with Crippen molar-refractivity contribution >= 4 is 11.8 Å². The molecule has 5 nitrogen and oxygen atoms in total. The minimum Gasteiger partial charge on any atom is -0.270 e. The van der Waals surface area contributed by atoms with Crippen LogP contribution >= 0.6 is 11.8 Å². The lowest BCUT2D eigenvalue weighted by molar-refractivity contribution is 0.819. The fourth-order valence-electron chi connectivity index (χ4n) is 2.54. The Morgan fingerprint density at radius 1 is 1.17 bits per heavy atom. The van der Waals surface area contributed by atoms with Gasteiger partial charge in [0.15, 0.2) is 11.0 Å². The van der Waals surface area contributed by atoms with Crippen molar-refractivity contribution in [1.82, 2.24) is 19.7 Å². The SMILES string of the molecule is CC(C)c1ccccc1-n1c(SCC#N)nnc1-c1cccnc1. The van der Waals surface area contributed by atoms with Crippen molar-refractivity contribution in [3.8, 4) is 23.1 Å². The number of hydrogen-bond acceptors (Lipinski definition) is 5. The summed E-state index contributed by atoms with van der Waals surface area (Å²) in [6, 6.07) is 14.2. The van der Waals surface area contributed by atoms with Crippen LogP contribution in [-0.2, 0) is 0 Å². The van der Waals surface area contributed by atoms with Gasteiger partial charge >= 0.3 is 0 Å². The van der Waals surface area contributed by atoms with Gasteiger partial charge in [0.1, 0.15) is 0 Å². The molecule has 0 radical (unpaired) electrons. The third-order valence-electron chi connectivity index (χ3n) is 3.62. The molecule has 0 N–H and O–H groups in total. The van der Waals surface area contributed by atoms with E-state index < -0.39 is 0 Å². The molecule has 0 amide bonds. The Labute approximate surface area is 145 Å². The predicted molar refractivity (Wildman–Crippen MR) is 95.0 cm³/mol. The van der Waals surface area contributed by atoms with Crippen LogP contribution in [0.5, 0.6) is 0 Å². The number of nitrogens with zero attached hydrogens (tertiary/aromatic N) is 5. The van der Waals surface area contributed by atoms with E-state index in [0.29, 0.717) is 16.8 Å². The van der Waals surface area contributed by atoms with Crippen LogP contribution < -0.4 is 0 Å². The molecule has 0 unspecified atom stereocenters. The highest BCUT2D eigenvalue weighted by molar-refractivity contribution is 7.99. The lowest BCUT2D eigenvalue weighted by Crippen LogP contribution is -2.05. The summed E-state index contributed by atoms with van der Waals surface area (Å²) in [4.78, 5) is 4.18. The van der Waals surface area contributed by atoms with Crippen molar-refractivity contribution in [2.24, 2.45) is 0 Å². The highest BCUT2D eigenvalue weighted by Gasteiger charge is 2.19. The number of nitriles is 1. The third-order valence-corrected chi connectivity index (χ3v) is 4.41. The quantitative estimate of drug-likeness (QED) is 0.658. The average molecular weight is 335 g/mol. The molecule has 0 aliphatic rings. The largest absolute Gasteiger partial charge is 0.270 e. The van der Waals surface area contributed by atoms with Gasteiger partial charge < -0.3 is 0 Å². The zero-order chi connectivity index (χ0) is 16.9. The van der Waals surface area contributed by atoms with Crippen LogP contribution in [0.25, 0.3) is 17.1 Å². The monoisotopic (exact) mass is 335 g/mol. The normalized spacial score (nSPS) is 10.8. The molecule has 3 aromatic rings. The molecular weight excluding hydrogens is 318 g/mol. The molecule has 3 rings (SSSR count). The van der Waals surface area contributed by atoms with E-state index >= 15 is 0 Å². The first-order valence-electron chi connectivity index (χ1n) is 7.67. The number of pyridine rings is 1. The van der Waals surface area contributed by atoms with E-state index in [0.717, 1.165) is 17.1 Å². The second-order valence-electron chi connectivity index (χ2n) is 5.54. The molecule has 2 aromatic heterocycles. The van der Waals surface area contributed by atoms with Crippen LogP contribution in [0.15, 0.2) is 53.9 Å². The van der Waals surface area contributed by atoms with E-state index in [-0.39, 0.29) is 0 Å². The maximum Gasteiger partial charge on any atom is 0.197 e. The van der Waals surface area contributed by atoms with Gasteiger partial charge in [-0.1, -0.05) is 43.8 Å². The lowest BCUT2D eigenvalue weighted by atomic mass is 10.0. The highest BCUT2D eigenvalue weighted by atomic mass is 32.2.